The molecule has 3 rings (SSSR count). The topological polar surface area (TPSA) is 75.2 Å². The number of rotatable bonds is 4. The summed E-state index contributed by atoms with van der Waals surface area (Å²) in [5, 5.41) is 12.1. The average molecular weight is 302 g/mol. The number of nitrogen functional groups attached to an aromatic ring is 1. The van der Waals surface area contributed by atoms with Crippen molar-refractivity contribution in [3.05, 3.63) is 35.0 Å². The molecule has 2 heterocycles. The Hall–Kier alpha value is -2.54. The molecule has 2 N–H and O–H groups in total. The maximum absolute atomic E-state index is 6.01. The van der Waals surface area contributed by atoms with E-state index in [4.69, 9.17) is 15.2 Å². The van der Waals surface area contributed by atoms with Crippen molar-refractivity contribution in [2.75, 3.05) is 20.0 Å². The summed E-state index contributed by atoms with van der Waals surface area (Å²) in [6.45, 7) is 0. The number of para-hydroxylation sites is 1. The van der Waals surface area contributed by atoms with Crippen LogP contribution in [0, 0.1) is 0 Å². The summed E-state index contributed by atoms with van der Waals surface area (Å²) in [7, 11) is 3.20. The molecule has 0 aliphatic heterocycles. The second-order valence-corrected chi connectivity index (χ2v) is 5.02. The number of anilines is 1. The van der Waals surface area contributed by atoms with Crippen LogP contribution in [0.15, 0.2) is 35.0 Å². The predicted molar refractivity (Wildman–Crippen MR) is 82.2 cm³/mol. The molecule has 0 saturated heterocycles. The minimum Gasteiger partial charge on any atom is -0.494 e. The fraction of sp³-hybridized carbons (Fsp3) is 0.143. The van der Waals surface area contributed by atoms with Crippen LogP contribution >= 0.6 is 11.3 Å². The van der Waals surface area contributed by atoms with Gasteiger partial charge in [-0.1, -0.05) is 6.07 Å². The number of nitrogens with two attached hydrogens (primary N) is 1. The molecule has 0 unspecified atom stereocenters. The molecule has 0 bridgehead atoms. The maximum Gasteiger partial charge on any atom is 0.227 e. The Morgan fingerprint density at radius 3 is 2.38 bits per heavy atom. The highest BCUT2D eigenvalue weighted by Crippen LogP contribution is 2.36. The van der Waals surface area contributed by atoms with Gasteiger partial charge in [0.1, 0.15) is 17.2 Å². The van der Waals surface area contributed by atoms with Crippen LogP contribution in [0.3, 0.4) is 0 Å². The Morgan fingerprint density at radius 2 is 1.81 bits per heavy atom. The van der Waals surface area contributed by atoms with Crippen LogP contribution < -0.4 is 15.2 Å². The summed E-state index contributed by atoms with van der Waals surface area (Å²) in [6, 6.07) is 7.50. The zero-order valence-corrected chi connectivity index (χ0v) is 12.4. The van der Waals surface area contributed by atoms with Crippen LogP contribution in [0.1, 0.15) is 0 Å². The molecule has 0 aliphatic rings. The third kappa shape index (κ3) is 2.21. The molecule has 6 nitrogen and oxygen atoms in total. The van der Waals surface area contributed by atoms with Crippen molar-refractivity contribution in [3.8, 4) is 28.6 Å². The largest absolute Gasteiger partial charge is 0.494 e. The molecule has 0 atom stereocenters. The molecule has 0 aliphatic carbocycles. The van der Waals surface area contributed by atoms with E-state index in [0.29, 0.717) is 23.0 Å². The number of ether oxygens (including phenoxy) is 2. The van der Waals surface area contributed by atoms with E-state index in [9.17, 15) is 0 Å². The summed E-state index contributed by atoms with van der Waals surface area (Å²) in [5.74, 6) is 2.20. The van der Waals surface area contributed by atoms with Gasteiger partial charge < -0.3 is 15.2 Å². The van der Waals surface area contributed by atoms with Gasteiger partial charge >= 0.3 is 0 Å². The van der Waals surface area contributed by atoms with E-state index in [2.05, 4.69) is 10.2 Å². The Kier molecular flexibility index (Phi) is 3.49. The fourth-order valence-electron chi connectivity index (χ4n) is 2.15. The molecule has 21 heavy (non-hydrogen) atoms. The summed E-state index contributed by atoms with van der Waals surface area (Å²) < 4.78 is 12.6. The van der Waals surface area contributed by atoms with E-state index < -0.39 is 0 Å². The Balaban J connectivity index is 2.29. The first-order valence-electron chi connectivity index (χ1n) is 6.21. The van der Waals surface area contributed by atoms with E-state index in [1.54, 1.807) is 30.1 Å². The van der Waals surface area contributed by atoms with Crippen molar-refractivity contribution in [1.82, 2.24) is 14.8 Å². The number of hydrogen-bond acceptors (Lipinski definition) is 6. The van der Waals surface area contributed by atoms with E-state index in [-0.39, 0.29) is 5.95 Å². The maximum atomic E-state index is 6.01. The number of nitrogens with zero attached hydrogens (tertiary/aromatic N) is 3. The molecule has 2 aromatic heterocycles. The fourth-order valence-corrected chi connectivity index (χ4v) is 2.78. The number of aromatic nitrogens is 3. The van der Waals surface area contributed by atoms with Crippen LogP contribution in [-0.2, 0) is 0 Å². The van der Waals surface area contributed by atoms with Gasteiger partial charge in [-0.05, 0) is 23.6 Å². The normalized spacial score (nSPS) is 10.6. The highest BCUT2D eigenvalue weighted by atomic mass is 32.1. The van der Waals surface area contributed by atoms with Gasteiger partial charge in [0.2, 0.25) is 5.95 Å². The van der Waals surface area contributed by atoms with E-state index >= 15 is 0 Å². The second kappa shape index (κ2) is 5.45. The standard InChI is InChI=1S/C14H14N4O2S/c1-19-10-4-3-5-11(20-2)12(10)18-13(16-17-14(18)15)9-6-7-21-8-9/h3-8H,1-2H3,(H2,15,17). The summed E-state index contributed by atoms with van der Waals surface area (Å²) >= 11 is 1.58. The molecule has 108 valence electrons. The van der Waals surface area contributed by atoms with E-state index in [1.807, 2.05) is 35.0 Å². The highest BCUT2D eigenvalue weighted by molar-refractivity contribution is 7.08. The minimum atomic E-state index is 0.277. The van der Waals surface area contributed by atoms with E-state index in [0.717, 1.165) is 5.56 Å². The number of methoxy groups -OCH3 is 2. The van der Waals surface area contributed by atoms with Gasteiger partial charge in [-0.3, -0.25) is 4.57 Å². The lowest BCUT2D eigenvalue weighted by atomic mass is 10.2. The van der Waals surface area contributed by atoms with E-state index in [1.165, 1.54) is 0 Å². The number of thiophene rings is 1. The highest BCUT2D eigenvalue weighted by Gasteiger charge is 2.20. The van der Waals surface area contributed by atoms with Crippen LogP contribution in [0.25, 0.3) is 17.1 Å². The van der Waals surface area contributed by atoms with Gasteiger partial charge in [0.05, 0.1) is 14.2 Å². The molecule has 0 fully saturated rings. The molecular weight excluding hydrogens is 288 g/mol. The summed E-state index contributed by atoms with van der Waals surface area (Å²) in [6.07, 6.45) is 0. The zero-order valence-electron chi connectivity index (χ0n) is 11.6. The lowest BCUT2D eigenvalue weighted by molar-refractivity contribution is 0.391. The smallest absolute Gasteiger partial charge is 0.227 e. The number of benzene rings is 1. The molecule has 7 heteroatoms. The van der Waals surface area contributed by atoms with Crippen molar-refractivity contribution in [3.63, 3.8) is 0 Å². The molecular formula is C14H14N4O2S. The summed E-state index contributed by atoms with van der Waals surface area (Å²) in [5.41, 5.74) is 7.64. The predicted octanol–water partition coefficient (Wildman–Crippen LogP) is 2.60. The summed E-state index contributed by atoms with van der Waals surface area (Å²) in [4.78, 5) is 0. The first-order valence-corrected chi connectivity index (χ1v) is 7.15. The monoisotopic (exact) mass is 302 g/mol. The van der Waals surface area contributed by atoms with Crippen LogP contribution in [0.5, 0.6) is 11.5 Å². The zero-order chi connectivity index (χ0) is 14.8. The van der Waals surface area contributed by atoms with Gasteiger partial charge in [0.25, 0.3) is 0 Å². The first-order chi connectivity index (χ1) is 10.3. The third-order valence-electron chi connectivity index (χ3n) is 3.09. The third-order valence-corrected chi connectivity index (χ3v) is 3.78. The van der Waals surface area contributed by atoms with Gasteiger partial charge in [0.15, 0.2) is 5.82 Å². The van der Waals surface area contributed by atoms with Crippen LogP contribution in [-0.4, -0.2) is 29.0 Å². The molecule has 0 radical (unpaired) electrons. The molecule has 0 amide bonds. The van der Waals surface area contributed by atoms with Gasteiger partial charge in [0, 0.05) is 10.9 Å². The Morgan fingerprint density at radius 1 is 1.10 bits per heavy atom. The SMILES string of the molecule is COc1cccc(OC)c1-n1c(N)nnc1-c1ccsc1. The van der Waals surface area contributed by atoms with Crippen molar-refractivity contribution < 1.29 is 9.47 Å². The average Bonchev–Trinajstić information content (AvgIpc) is 3.15. The molecule has 0 spiro atoms. The van der Waals surface area contributed by atoms with Gasteiger partial charge in [-0.2, -0.15) is 11.3 Å². The van der Waals surface area contributed by atoms with Crippen molar-refractivity contribution in [1.29, 1.82) is 0 Å². The molecule has 3 aromatic rings. The lowest BCUT2D eigenvalue weighted by Gasteiger charge is -2.15. The van der Waals surface area contributed by atoms with Gasteiger partial charge in [-0.25, -0.2) is 0 Å². The minimum absolute atomic E-state index is 0.277. The van der Waals surface area contributed by atoms with Crippen LogP contribution in [0.4, 0.5) is 5.95 Å². The second-order valence-electron chi connectivity index (χ2n) is 4.24. The first kappa shape index (κ1) is 13.4. The van der Waals surface area contributed by atoms with Gasteiger partial charge in [-0.15, -0.1) is 10.2 Å². The Labute approximate surface area is 125 Å². The van der Waals surface area contributed by atoms with Crippen molar-refractivity contribution in [2.24, 2.45) is 0 Å². The number of hydrogen-bond donors (Lipinski definition) is 1. The Bertz CT molecular complexity index is 730. The molecule has 0 saturated carbocycles. The lowest BCUT2D eigenvalue weighted by Crippen LogP contribution is -2.06. The van der Waals surface area contributed by atoms with Crippen molar-refractivity contribution >= 4 is 17.3 Å². The van der Waals surface area contributed by atoms with Crippen LogP contribution in [0.2, 0.25) is 0 Å². The quantitative estimate of drug-likeness (QED) is 0.801. The van der Waals surface area contributed by atoms with Crippen molar-refractivity contribution in [2.45, 2.75) is 0 Å². The molecule has 1 aromatic carbocycles.